The van der Waals surface area contributed by atoms with E-state index in [2.05, 4.69) is 15.3 Å². The molecule has 0 atom stereocenters. The van der Waals surface area contributed by atoms with Crippen LogP contribution in [0.4, 0.5) is 4.39 Å². The third-order valence-corrected chi connectivity index (χ3v) is 3.33. The van der Waals surface area contributed by atoms with Crippen LogP contribution in [-0.2, 0) is 0 Å². The van der Waals surface area contributed by atoms with Gasteiger partial charge in [0.05, 0.1) is 11.3 Å². The lowest BCUT2D eigenvalue weighted by molar-refractivity contribution is 0.0997. The number of rotatable bonds is 3. The molecule has 2 heterocycles. The first-order valence-corrected chi connectivity index (χ1v) is 6.28. The van der Waals surface area contributed by atoms with Gasteiger partial charge in [-0.1, -0.05) is 12.1 Å². The molecule has 0 spiro atoms. The lowest BCUT2D eigenvalue weighted by atomic mass is 9.95. The average Bonchev–Trinajstić information content (AvgIpc) is 2.36. The van der Waals surface area contributed by atoms with Gasteiger partial charge in [-0.25, -0.2) is 14.4 Å². The van der Waals surface area contributed by atoms with E-state index in [0.29, 0.717) is 22.6 Å². The van der Waals surface area contributed by atoms with Gasteiger partial charge in [0.15, 0.2) is 5.82 Å². The number of hydrogen-bond donors (Lipinski definition) is 2. The number of nitrogens with zero attached hydrogens (tertiary/aromatic N) is 2. The summed E-state index contributed by atoms with van der Waals surface area (Å²) in [7, 11) is 0. The maximum atomic E-state index is 13.3. The molecular weight excluding hydrogens is 259 g/mol. The summed E-state index contributed by atoms with van der Waals surface area (Å²) in [6.07, 6.45) is 1.42. The standard InChI is InChI=1S/C14H13FN4O/c15-10-3-1-2-8(4-10)14-18-7-11(13(16)20)12(19-14)9-5-17-6-9/h1-4,7,9,17H,5-6H2,(H2,16,20). The molecule has 1 fully saturated rings. The molecule has 1 aliphatic heterocycles. The monoisotopic (exact) mass is 272 g/mol. The third kappa shape index (κ3) is 2.25. The Hall–Kier alpha value is -2.34. The number of carbonyl (C=O) groups excluding carboxylic acids is 1. The van der Waals surface area contributed by atoms with Gasteiger partial charge < -0.3 is 11.1 Å². The van der Waals surface area contributed by atoms with Gasteiger partial charge in [-0.15, -0.1) is 0 Å². The van der Waals surface area contributed by atoms with Crippen LogP contribution in [0.3, 0.4) is 0 Å². The van der Waals surface area contributed by atoms with Gasteiger partial charge in [-0.3, -0.25) is 4.79 Å². The largest absolute Gasteiger partial charge is 0.365 e. The van der Waals surface area contributed by atoms with Crippen molar-refractivity contribution in [2.45, 2.75) is 5.92 Å². The van der Waals surface area contributed by atoms with Crippen LogP contribution in [0.5, 0.6) is 0 Å². The molecule has 1 aromatic carbocycles. The number of carbonyl (C=O) groups is 1. The summed E-state index contributed by atoms with van der Waals surface area (Å²) in [4.78, 5) is 20.0. The van der Waals surface area contributed by atoms with Crippen molar-refractivity contribution in [2.75, 3.05) is 13.1 Å². The van der Waals surface area contributed by atoms with Crippen LogP contribution >= 0.6 is 0 Å². The molecule has 1 aromatic heterocycles. The summed E-state index contributed by atoms with van der Waals surface area (Å²) >= 11 is 0. The fourth-order valence-corrected chi connectivity index (χ4v) is 2.14. The molecular formula is C14H13FN4O. The summed E-state index contributed by atoms with van der Waals surface area (Å²) in [6.45, 7) is 1.50. The highest BCUT2D eigenvalue weighted by Crippen LogP contribution is 2.24. The van der Waals surface area contributed by atoms with Crippen LogP contribution in [0.2, 0.25) is 0 Å². The second kappa shape index (κ2) is 4.97. The molecule has 0 bridgehead atoms. The van der Waals surface area contributed by atoms with Crippen molar-refractivity contribution in [2.24, 2.45) is 5.73 Å². The van der Waals surface area contributed by atoms with Gasteiger partial charge in [0.25, 0.3) is 5.91 Å². The van der Waals surface area contributed by atoms with Gasteiger partial charge >= 0.3 is 0 Å². The Labute approximate surface area is 115 Å². The molecule has 20 heavy (non-hydrogen) atoms. The molecule has 0 saturated carbocycles. The number of nitrogens with two attached hydrogens (primary N) is 1. The molecule has 0 aliphatic carbocycles. The Morgan fingerprint density at radius 2 is 2.20 bits per heavy atom. The van der Waals surface area contributed by atoms with Gasteiger partial charge in [-0.2, -0.15) is 0 Å². The second-order valence-electron chi connectivity index (χ2n) is 4.72. The Morgan fingerprint density at radius 1 is 1.40 bits per heavy atom. The molecule has 1 saturated heterocycles. The predicted octanol–water partition coefficient (Wildman–Crippen LogP) is 1.07. The lowest BCUT2D eigenvalue weighted by Gasteiger charge is -2.27. The number of hydrogen-bond acceptors (Lipinski definition) is 4. The molecule has 6 heteroatoms. The lowest BCUT2D eigenvalue weighted by Crippen LogP contribution is -2.41. The number of benzene rings is 1. The molecule has 0 radical (unpaired) electrons. The van der Waals surface area contributed by atoms with Crippen LogP contribution < -0.4 is 11.1 Å². The van der Waals surface area contributed by atoms with Crippen molar-refractivity contribution in [3.05, 3.63) is 47.5 Å². The Balaban J connectivity index is 2.07. The highest BCUT2D eigenvalue weighted by atomic mass is 19.1. The molecule has 0 unspecified atom stereocenters. The minimum absolute atomic E-state index is 0.146. The number of primary amides is 1. The van der Waals surface area contributed by atoms with Crippen molar-refractivity contribution >= 4 is 5.91 Å². The van der Waals surface area contributed by atoms with Crippen molar-refractivity contribution in [3.63, 3.8) is 0 Å². The van der Waals surface area contributed by atoms with E-state index in [1.807, 2.05) is 0 Å². The first-order valence-electron chi connectivity index (χ1n) is 6.28. The van der Waals surface area contributed by atoms with Crippen molar-refractivity contribution in [1.29, 1.82) is 0 Å². The number of amides is 1. The summed E-state index contributed by atoms with van der Waals surface area (Å²) in [5.74, 6) is -0.348. The van der Waals surface area contributed by atoms with Gasteiger partial charge in [0.1, 0.15) is 5.82 Å². The van der Waals surface area contributed by atoms with E-state index in [-0.39, 0.29) is 11.7 Å². The number of nitrogens with one attached hydrogen (secondary N) is 1. The highest BCUT2D eigenvalue weighted by Gasteiger charge is 2.26. The number of halogens is 1. The molecule has 3 N–H and O–H groups in total. The summed E-state index contributed by atoms with van der Waals surface area (Å²) < 4.78 is 13.3. The maximum absolute atomic E-state index is 13.3. The van der Waals surface area contributed by atoms with E-state index in [0.717, 1.165) is 13.1 Å². The molecule has 5 nitrogen and oxygen atoms in total. The van der Waals surface area contributed by atoms with E-state index in [9.17, 15) is 9.18 Å². The highest BCUT2D eigenvalue weighted by molar-refractivity contribution is 5.94. The minimum Gasteiger partial charge on any atom is -0.365 e. The third-order valence-electron chi connectivity index (χ3n) is 3.33. The van der Waals surface area contributed by atoms with E-state index in [4.69, 9.17) is 5.73 Å². The first kappa shape index (κ1) is 12.7. The van der Waals surface area contributed by atoms with Gasteiger partial charge in [0.2, 0.25) is 0 Å². The quantitative estimate of drug-likeness (QED) is 0.875. The average molecular weight is 272 g/mol. The summed E-state index contributed by atoms with van der Waals surface area (Å²) in [5.41, 5.74) is 6.88. The first-order chi connectivity index (χ1) is 9.65. The topological polar surface area (TPSA) is 80.9 Å². The second-order valence-corrected chi connectivity index (χ2v) is 4.72. The fraction of sp³-hybridized carbons (Fsp3) is 0.214. The summed E-state index contributed by atoms with van der Waals surface area (Å²) in [5, 5.41) is 3.12. The van der Waals surface area contributed by atoms with Crippen molar-refractivity contribution < 1.29 is 9.18 Å². The molecule has 2 aromatic rings. The molecule has 3 rings (SSSR count). The molecule has 1 aliphatic rings. The fourth-order valence-electron chi connectivity index (χ4n) is 2.14. The zero-order chi connectivity index (χ0) is 14.1. The predicted molar refractivity (Wildman–Crippen MR) is 71.6 cm³/mol. The Morgan fingerprint density at radius 3 is 2.80 bits per heavy atom. The Kier molecular flexibility index (Phi) is 3.15. The zero-order valence-corrected chi connectivity index (χ0v) is 10.6. The van der Waals surface area contributed by atoms with E-state index in [1.165, 1.54) is 18.3 Å². The SMILES string of the molecule is NC(=O)c1cnc(-c2cccc(F)c2)nc1C1CNC1. The van der Waals surface area contributed by atoms with Gasteiger partial charge in [-0.05, 0) is 12.1 Å². The van der Waals surface area contributed by atoms with Crippen LogP contribution in [-0.4, -0.2) is 29.0 Å². The summed E-state index contributed by atoms with van der Waals surface area (Å²) in [6, 6.07) is 6.05. The molecule has 1 amide bonds. The Bertz CT molecular complexity index is 670. The zero-order valence-electron chi connectivity index (χ0n) is 10.6. The van der Waals surface area contributed by atoms with Crippen LogP contribution in [0.1, 0.15) is 22.0 Å². The van der Waals surface area contributed by atoms with Gasteiger partial charge in [0, 0.05) is 30.8 Å². The minimum atomic E-state index is -0.544. The molecule has 102 valence electrons. The van der Waals surface area contributed by atoms with Crippen LogP contribution in [0.15, 0.2) is 30.5 Å². The van der Waals surface area contributed by atoms with E-state index in [1.54, 1.807) is 12.1 Å². The van der Waals surface area contributed by atoms with E-state index >= 15 is 0 Å². The van der Waals surface area contributed by atoms with Crippen LogP contribution in [0, 0.1) is 5.82 Å². The van der Waals surface area contributed by atoms with Crippen molar-refractivity contribution in [3.8, 4) is 11.4 Å². The van der Waals surface area contributed by atoms with Crippen molar-refractivity contribution in [1.82, 2.24) is 15.3 Å². The smallest absolute Gasteiger partial charge is 0.252 e. The van der Waals surface area contributed by atoms with Crippen LogP contribution in [0.25, 0.3) is 11.4 Å². The number of aromatic nitrogens is 2. The maximum Gasteiger partial charge on any atom is 0.252 e. The van der Waals surface area contributed by atoms with E-state index < -0.39 is 5.91 Å². The normalized spacial score (nSPS) is 14.8.